The van der Waals surface area contributed by atoms with E-state index in [1.165, 1.54) is 7.11 Å². The molecule has 1 aromatic rings. The summed E-state index contributed by atoms with van der Waals surface area (Å²) in [5.74, 6) is -0.403. The van der Waals surface area contributed by atoms with Gasteiger partial charge < -0.3 is 15.8 Å². The number of amides is 1. The van der Waals surface area contributed by atoms with Crippen molar-refractivity contribution in [2.24, 2.45) is 11.7 Å². The summed E-state index contributed by atoms with van der Waals surface area (Å²) >= 11 is 0. The van der Waals surface area contributed by atoms with Crippen LogP contribution in [0.4, 0.5) is 0 Å². The monoisotopic (exact) mass is 314 g/mol. The number of esters is 1. The van der Waals surface area contributed by atoms with Crippen LogP contribution in [-0.2, 0) is 16.0 Å². The lowest BCUT2D eigenvalue weighted by molar-refractivity contribution is -0.123. The maximum absolute atomic E-state index is 11.7. The third-order valence-corrected chi connectivity index (χ3v) is 3.08. The average Bonchev–Trinajstić information content (AvgIpc) is 2.45. The Morgan fingerprint density at radius 2 is 2.00 bits per heavy atom. The third kappa shape index (κ3) is 6.14. The van der Waals surface area contributed by atoms with E-state index < -0.39 is 6.04 Å². The second-order valence-electron chi connectivity index (χ2n) is 5.00. The van der Waals surface area contributed by atoms with Gasteiger partial charge in [0, 0.05) is 6.54 Å². The Labute approximate surface area is 131 Å². The summed E-state index contributed by atoms with van der Waals surface area (Å²) in [7, 11) is 1.35. The summed E-state index contributed by atoms with van der Waals surface area (Å²) < 4.78 is 4.67. The van der Waals surface area contributed by atoms with Crippen LogP contribution in [-0.4, -0.2) is 31.6 Å². The predicted octanol–water partition coefficient (Wildman–Crippen LogP) is 1.54. The van der Waals surface area contributed by atoms with Crippen molar-refractivity contribution in [2.75, 3.05) is 13.7 Å². The Morgan fingerprint density at radius 3 is 2.57 bits per heavy atom. The van der Waals surface area contributed by atoms with Gasteiger partial charge in [0.2, 0.25) is 5.91 Å². The van der Waals surface area contributed by atoms with E-state index in [1.54, 1.807) is 18.2 Å². The fourth-order valence-electron chi connectivity index (χ4n) is 1.72. The van der Waals surface area contributed by atoms with Crippen molar-refractivity contribution in [1.29, 1.82) is 0 Å². The van der Waals surface area contributed by atoms with Crippen molar-refractivity contribution in [1.82, 2.24) is 5.32 Å². The summed E-state index contributed by atoms with van der Waals surface area (Å²) in [6.07, 6.45) is 0.640. The molecule has 0 aliphatic heterocycles. The highest BCUT2D eigenvalue weighted by molar-refractivity contribution is 5.89. The molecule has 0 spiro atoms. The highest BCUT2D eigenvalue weighted by Crippen LogP contribution is 2.07. The minimum atomic E-state index is -0.489. The molecule has 21 heavy (non-hydrogen) atoms. The Balaban J connectivity index is 0.00000400. The number of hydrogen-bond donors (Lipinski definition) is 2. The Bertz CT molecular complexity index is 478. The normalized spacial score (nSPS) is 11.5. The number of nitrogens with two attached hydrogens (primary N) is 1. The van der Waals surface area contributed by atoms with Gasteiger partial charge in [-0.3, -0.25) is 4.79 Å². The number of benzene rings is 1. The Hall–Kier alpha value is -1.59. The number of nitrogens with one attached hydrogen (secondary N) is 1. The van der Waals surface area contributed by atoms with Crippen molar-refractivity contribution < 1.29 is 14.3 Å². The number of methoxy groups -OCH3 is 1. The van der Waals surface area contributed by atoms with E-state index in [4.69, 9.17) is 5.73 Å². The Morgan fingerprint density at radius 1 is 1.33 bits per heavy atom. The van der Waals surface area contributed by atoms with Gasteiger partial charge in [-0.15, -0.1) is 12.4 Å². The van der Waals surface area contributed by atoms with Crippen LogP contribution in [0.15, 0.2) is 24.3 Å². The zero-order valence-corrected chi connectivity index (χ0v) is 13.4. The topological polar surface area (TPSA) is 81.4 Å². The highest BCUT2D eigenvalue weighted by Gasteiger charge is 2.16. The van der Waals surface area contributed by atoms with Crippen LogP contribution < -0.4 is 11.1 Å². The molecular formula is C15H23ClN2O3. The summed E-state index contributed by atoms with van der Waals surface area (Å²) in [5, 5.41) is 2.79. The Kier molecular flexibility index (Phi) is 8.66. The van der Waals surface area contributed by atoms with Gasteiger partial charge >= 0.3 is 5.97 Å². The molecule has 5 nitrogen and oxygen atoms in total. The van der Waals surface area contributed by atoms with Crippen LogP contribution in [0.3, 0.4) is 0 Å². The molecule has 0 unspecified atom stereocenters. The molecule has 0 heterocycles. The summed E-state index contributed by atoms with van der Waals surface area (Å²) in [6.45, 7) is 4.30. The van der Waals surface area contributed by atoms with Crippen LogP contribution in [0.2, 0.25) is 0 Å². The third-order valence-electron chi connectivity index (χ3n) is 3.08. The molecule has 0 aliphatic carbocycles. The lowest BCUT2D eigenvalue weighted by atomic mass is 10.0. The predicted molar refractivity (Wildman–Crippen MR) is 84.6 cm³/mol. The maximum atomic E-state index is 11.7. The van der Waals surface area contributed by atoms with Gasteiger partial charge in [-0.2, -0.15) is 0 Å². The van der Waals surface area contributed by atoms with E-state index in [1.807, 2.05) is 19.9 Å². The molecule has 0 saturated carbocycles. The van der Waals surface area contributed by atoms with Gasteiger partial charge in [0.05, 0.1) is 18.7 Å². The summed E-state index contributed by atoms with van der Waals surface area (Å²) in [5.41, 5.74) is 7.22. The molecule has 1 atom stereocenters. The van der Waals surface area contributed by atoms with Gasteiger partial charge in [0.25, 0.3) is 0 Å². The molecule has 3 N–H and O–H groups in total. The van der Waals surface area contributed by atoms with Gasteiger partial charge in [0.1, 0.15) is 0 Å². The lowest BCUT2D eigenvalue weighted by Gasteiger charge is -2.15. The van der Waals surface area contributed by atoms with Crippen molar-refractivity contribution in [2.45, 2.75) is 26.3 Å². The van der Waals surface area contributed by atoms with Gasteiger partial charge in [-0.25, -0.2) is 4.79 Å². The molecule has 0 fully saturated rings. The first-order chi connectivity index (χ1) is 9.45. The van der Waals surface area contributed by atoms with E-state index in [-0.39, 0.29) is 30.2 Å². The van der Waals surface area contributed by atoms with Crippen molar-refractivity contribution in [3.63, 3.8) is 0 Å². The second-order valence-corrected chi connectivity index (χ2v) is 5.00. The second kappa shape index (κ2) is 9.37. The molecule has 1 rings (SSSR count). The quantitative estimate of drug-likeness (QED) is 0.780. The van der Waals surface area contributed by atoms with Gasteiger partial charge in [-0.05, 0) is 30.0 Å². The van der Waals surface area contributed by atoms with E-state index in [0.29, 0.717) is 18.5 Å². The first-order valence-corrected chi connectivity index (χ1v) is 6.66. The number of halogens is 1. The first kappa shape index (κ1) is 19.4. The molecule has 6 heteroatoms. The van der Waals surface area contributed by atoms with Crippen molar-refractivity contribution in [3.8, 4) is 0 Å². The number of hydrogen-bond acceptors (Lipinski definition) is 4. The minimum absolute atomic E-state index is 0. The van der Waals surface area contributed by atoms with Crippen LogP contribution in [0.1, 0.15) is 29.8 Å². The smallest absolute Gasteiger partial charge is 0.337 e. The zero-order valence-electron chi connectivity index (χ0n) is 12.6. The van der Waals surface area contributed by atoms with Crippen LogP contribution in [0.25, 0.3) is 0 Å². The fraction of sp³-hybridized carbons (Fsp3) is 0.467. The molecule has 0 bridgehead atoms. The first-order valence-electron chi connectivity index (χ1n) is 6.66. The van der Waals surface area contributed by atoms with E-state index in [2.05, 4.69) is 10.1 Å². The molecule has 1 amide bonds. The fourth-order valence-corrected chi connectivity index (χ4v) is 1.72. The number of carbonyl (C=O) groups excluding carboxylic acids is 2. The largest absolute Gasteiger partial charge is 0.465 e. The van der Waals surface area contributed by atoms with E-state index in [0.717, 1.165) is 5.56 Å². The molecule has 0 aromatic heterocycles. The number of carbonyl (C=O) groups is 2. The van der Waals surface area contributed by atoms with Gasteiger partial charge in [-0.1, -0.05) is 26.0 Å². The van der Waals surface area contributed by atoms with Crippen LogP contribution in [0, 0.1) is 5.92 Å². The van der Waals surface area contributed by atoms with E-state index in [9.17, 15) is 9.59 Å². The molecular weight excluding hydrogens is 292 g/mol. The molecule has 0 saturated heterocycles. The van der Waals surface area contributed by atoms with E-state index >= 15 is 0 Å². The molecule has 1 aromatic carbocycles. The maximum Gasteiger partial charge on any atom is 0.337 e. The minimum Gasteiger partial charge on any atom is -0.465 e. The highest BCUT2D eigenvalue weighted by atomic mass is 35.5. The number of rotatable bonds is 6. The van der Waals surface area contributed by atoms with Gasteiger partial charge in [0.15, 0.2) is 0 Å². The van der Waals surface area contributed by atoms with Crippen molar-refractivity contribution in [3.05, 3.63) is 35.4 Å². The van der Waals surface area contributed by atoms with Crippen molar-refractivity contribution >= 4 is 24.3 Å². The number of ether oxygens (including phenoxy) is 1. The standard InChI is InChI=1S/C15H22N2O3.ClH/c1-10(2)13(16)14(18)17-8-7-11-5-4-6-12(9-11)15(19)20-3;/h4-6,9-10,13H,7-8,16H2,1-3H3,(H,17,18);1H/t13-;/m0./s1. The van der Waals surface area contributed by atoms with Crippen LogP contribution >= 0.6 is 12.4 Å². The summed E-state index contributed by atoms with van der Waals surface area (Å²) in [6, 6.07) is 6.67. The lowest BCUT2D eigenvalue weighted by Crippen LogP contribution is -2.44. The molecule has 118 valence electrons. The average molecular weight is 315 g/mol. The zero-order chi connectivity index (χ0) is 15.1. The summed E-state index contributed by atoms with van der Waals surface area (Å²) in [4.78, 5) is 23.1. The molecule has 0 radical (unpaired) electrons. The van der Waals surface area contributed by atoms with Crippen LogP contribution in [0.5, 0.6) is 0 Å². The SMILES string of the molecule is COC(=O)c1cccc(CCNC(=O)[C@@H](N)C(C)C)c1.Cl. The molecule has 0 aliphatic rings.